The van der Waals surface area contributed by atoms with Gasteiger partial charge in [-0.2, -0.15) is 0 Å². The average Bonchev–Trinajstić information content (AvgIpc) is 2.28. The first-order valence-corrected chi connectivity index (χ1v) is 5.34. The number of hydrogen-bond donors (Lipinski definition) is 0. The van der Waals surface area contributed by atoms with Crippen molar-refractivity contribution in [3.05, 3.63) is 0 Å². The Balaban J connectivity index is 2.92. The summed E-state index contributed by atoms with van der Waals surface area (Å²) in [5, 5.41) is -0.745. The third-order valence-corrected chi connectivity index (χ3v) is 3.22. The largest absolute Gasteiger partial charge is 0.327 e. The van der Waals surface area contributed by atoms with Crippen LogP contribution in [-0.2, 0) is 4.79 Å². The maximum absolute atomic E-state index is 11.5. The molecule has 1 unspecified atom stereocenters. The van der Waals surface area contributed by atoms with Gasteiger partial charge in [-0.25, -0.2) is 0 Å². The minimum Gasteiger partial charge on any atom is -0.327 e. The van der Waals surface area contributed by atoms with E-state index < -0.39 is 5.35 Å². The number of carbonyl (C=O) groups is 1. The number of hydrogen-bond acceptors (Lipinski definition) is 2. The summed E-state index contributed by atoms with van der Waals surface area (Å²) >= 11 is 1.44. The van der Waals surface area contributed by atoms with Crippen LogP contribution in [0.3, 0.4) is 0 Å². The Morgan fingerprint density at radius 2 is 2.17 bits per heavy atom. The van der Waals surface area contributed by atoms with E-state index >= 15 is 0 Å². The van der Waals surface area contributed by atoms with E-state index in [0.29, 0.717) is 5.75 Å². The molecule has 2 nitrogen and oxygen atoms in total. The van der Waals surface area contributed by atoms with Gasteiger partial charge in [0.15, 0.2) is 0 Å². The SMILES string of the molecule is [2H]C1(C(C)C)SCC(=O)N1C(C)C. The van der Waals surface area contributed by atoms with Gasteiger partial charge in [0.05, 0.1) is 12.5 Å². The zero-order valence-corrected chi connectivity index (χ0v) is 8.94. The van der Waals surface area contributed by atoms with Crippen molar-refractivity contribution in [3.8, 4) is 0 Å². The van der Waals surface area contributed by atoms with Crippen molar-refractivity contribution >= 4 is 17.7 Å². The lowest BCUT2D eigenvalue weighted by atomic mass is 10.2. The third-order valence-electron chi connectivity index (χ3n) is 1.86. The number of amides is 1. The van der Waals surface area contributed by atoms with Gasteiger partial charge in [-0.3, -0.25) is 4.79 Å². The van der Waals surface area contributed by atoms with Gasteiger partial charge >= 0.3 is 0 Å². The summed E-state index contributed by atoms with van der Waals surface area (Å²) in [6, 6.07) is 0.127. The fourth-order valence-corrected chi connectivity index (χ4v) is 2.58. The lowest BCUT2D eigenvalue weighted by Gasteiger charge is -2.30. The maximum atomic E-state index is 11.5. The molecule has 0 aromatic rings. The molecule has 0 aromatic carbocycles. The molecular weight excluding hydrogens is 170 g/mol. The van der Waals surface area contributed by atoms with Crippen molar-refractivity contribution < 1.29 is 6.17 Å². The Morgan fingerprint density at radius 3 is 2.50 bits per heavy atom. The highest BCUT2D eigenvalue weighted by Crippen LogP contribution is 2.31. The topological polar surface area (TPSA) is 20.3 Å². The highest BCUT2D eigenvalue weighted by atomic mass is 32.2. The van der Waals surface area contributed by atoms with E-state index in [4.69, 9.17) is 1.37 Å². The van der Waals surface area contributed by atoms with E-state index in [-0.39, 0.29) is 17.9 Å². The summed E-state index contributed by atoms with van der Waals surface area (Å²) in [4.78, 5) is 13.2. The molecule has 0 aliphatic carbocycles. The van der Waals surface area contributed by atoms with Crippen molar-refractivity contribution in [1.29, 1.82) is 0 Å². The zero-order valence-electron chi connectivity index (χ0n) is 9.13. The molecule has 1 aliphatic heterocycles. The van der Waals surface area contributed by atoms with Gasteiger partial charge in [-0.1, -0.05) is 13.8 Å². The molecule has 3 heteroatoms. The molecule has 1 heterocycles. The van der Waals surface area contributed by atoms with Crippen molar-refractivity contribution in [2.24, 2.45) is 5.92 Å². The summed E-state index contributed by atoms with van der Waals surface area (Å²) in [6.45, 7) is 7.92. The molecular formula is C9H17NOS. The molecule has 1 rings (SSSR count). The van der Waals surface area contributed by atoms with Crippen LogP contribution in [0.5, 0.6) is 0 Å². The van der Waals surface area contributed by atoms with Crippen LogP contribution in [0.4, 0.5) is 0 Å². The molecule has 70 valence electrons. The molecule has 0 aromatic heterocycles. The number of nitrogens with zero attached hydrogens (tertiary/aromatic N) is 1. The van der Waals surface area contributed by atoms with Gasteiger partial charge in [0.2, 0.25) is 5.91 Å². The quantitative estimate of drug-likeness (QED) is 0.660. The number of carbonyl (C=O) groups excluding carboxylic acids is 1. The maximum Gasteiger partial charge on any atom is 0.233 e. The molecule has 0 saturated carbocycles. The lowest BCUT2D eigenvalue weighted by molar-refractivity contribution is -0.130. The average molecular weight is 188 g/mol. The summed E-state index contributed by atoms with van der Waals surface area (Å²) in [6.07, 6.45) is 0. The van der Waals surface area contributed by atoms with E-state index in [1.807, 2.05) is 27.7 Å². The minimum absolute atomic E-state index is 0.101. The van der Waals surface area contributed by atoms with Gasteiger partial charge in [0.25, 0.3) is 0 Å². The second-order valence-electron chi connectivity index (χ2n) is 3.64. The zero-order chi connectivity index (χ0) is 10.2. The first-order chi connectivity index (χ1) is 5.89. The van der Waals surface area contributed by atoms with E-state index in [0.717, 1.165) is 0 Å². The molecule has 0 spiro atoms. The van der Waals surface area contributed by atoms with Crippen LogP contribution in [-0.4, -0.2) is 28.0 Å². The molecule has 1 aliphatic rings. The van der Waals surface area contributed by atoms with Crippen LogP contribution in [0.1, 0.15) is 29.1 Å². The van der Waals surface area contributed by atoms with E-state index in [1.54, 1.807) is 4.90 Å². The van der Waals surface area contributed by atoms with Crippen LogP contribution in [0.2, 0.25) is 0 Å². The molecule has 1 atom stereocenters. The molecule has 0 bridgehead atoms. The summed E-state index contributed by atoms with van der Waals surface area (Å²) in [5.41, 5.74) is 0. The van der Waals surface area contributed by atoms with Gasteiger partial charge in [-0.05, 0) is 19.8 Å². The Kier molecular flexibility index (Phi) is 2.59. The van der Waals surface area contributed by atoms with Gasteiger partial charge in [-0.15, -0.1) is 11.8 Å². The summed E-state index contributed by atoms with van der Waals surface area (Å²) in [5.74, 6) is 0.731. The van der Waals surface area contributed by atoms with Crippen LogP contribution in [0, 0.1) is 5.92 Å². The predicted molar refractivity (Wildman–Crippen MR) is 53.1 cm³/mol. The van der Waals surface area contributed by atoms with E-state index in [2.05, 4.69) is 0 Å². The van der Waals surface area contributed by atoms with E-state index in [1.165, 1.54) is 11.8 Å². The van der Waals surface area contributed by atoms with Crippen molar-refractivity contribution in [1.82, 2.24) is 4.90 Å². The minimum atomic E-state index is -0.745. The third kappa shape index (κ3) is 1.76. The molecule has 1 fully saturated rings. The smallest absolute Gasteiger partial charge is 0.233 e. The normalized spacial score (nSPS) is 32.0. The van der Waals surface area contributed by atoms with Crippen LogP contribution >= 0.6 is 11.8 Å². The Morgan fingerprint density at radius 1 is 1.58 bits per heavy atom. The standard InChI is InChI=1S/C9H17NOS/c1-6(2)9-10(7(3)4)8(11)5-12-9/h6-7,9H,5H2,1-4H3/i9D. The Bertz CT molecular complexity index is 220. The lowest BCUT2D eigenvalue weighted by Crippen LogP contribution is -2.40. The highest BCUT2D eigenvalue weighted by molar-refractivity contribution is 8.01. The summed E-state index contributed by atoms with van der Waals surface area (Å²) in [7, 11) is 0. The van der Waals surface area contributed by atoms with Gasteiger partial charge < -0.3 is 4.90 Å². The Hall–Kier alpha value is -0.180. The number of rotatable bonds is 2. The molecule has 1 amide bonds. The number of thioether (sulfide) groups is 1. The van der Waals surface area contributed by atoms with E-state index in [9.17, 15) is 4.79 Å². The summed E-state index contributed by atoms with van der Waals surface area (Å²) < 4.78 is 8.22. The molecule has 0 N–H and O–H groups in total. The first-order valence-electron chi connectivity index (χ1n) is 4.85. The Labute approximate surface area is 80.1 Å². The van der Waals surface area contributed by atoms with Crippen molar-refractivity contribution in [2.45, 2.75) is 39.1 Å². The molecule has 0 radical (unpaired) electrons. The second-order valence-corrected chi connectivity index (χ2v) is 4.63. The molecule has 12 heavy (non-hydrogen) atoms. The van der Waals surface area contributed by atoms with Gasteiger partial charge in [0.1, 0.15) is 0 Å². The first kappa shape index (κ1) is 8.42. The highest BCUT2D eigenvalue weighted by Gasteiger charge is 2.34. The molecule has 1 saturated heterocycles. The van der Waals surface area contributed by atoms with Crippen LogP contribution < -0.4 is 0 Å². The van der Waals surface area contributed by atoms with Gasteiger partial charge in [0, 0.05) is 6.04 Å². The van der Waals surface area contributed by atoms with Crippen LogP contribution in [0.15, 0.2) is 0 Å². The predicted octanol–water partition coefficient (Wildman–Crippen LogP) is 1.95. The van der Waals surface area contributed by atoms with Crippen LogP contribution in [0.25, 0.3) is 0 Å². The fourth-order valence-electron chi connectivity index (χ4n) is 1.38. The van der Waals surface area contributed by atoms with Crippen molar-refractivity contribution in [3.63, 3.8) is 0 Å². The second kappa shape index (κ2) is 3.69. The monoisotopic (exact) mass is 188 g/mol. The fraction of sp³-hybridized carbons (Fsp3) is 0.889. The van der Waals surface area contributed by atoms with Crippen molar-refractivity contribution in [2.75, 3.05) is 5.75 Å².